The van der Waals surface area contributed by atoms with E-state index in [1.54, 1.807) is 30.3 Å². The number of carbonyl (C=O) groups excluding carboxylic acids is 1. The average molecular weight is 279 g/mol. The van der Waals surface area contributed by atoms with E-state index in [2.05, 4.69) is 4.98 Å². The first-order valence-corrected chi connectivity index (χ1v) is 6.19. The number of hydrogen-bond acceptors (Lipinski definition) is 2. The minimum absolute atomic E-state index is 0.235. The maximum atomic E-state index is 13.2. The lowest BCUT2D eigenvalue weighted by molar-refractivity contribution is 0.0983. The fraction of sp³-hybridized carbons (Fsp3) is 0.143. The molecule has 0 spiro atoms. The van der Waals surface area contributed by atoms with Crippen LogP contribution in [0.15, 0.2) is 42.5 Å². The normalized spacial score (nSPS) is 10.3. The molecule has 0 bridgehead atoms. The zero-order valence-corrected chi connectivity index (χ0v) is 11.1. The van der Waals surface area contributed by atoms with Crippen LogP contribution < -0.4 is 4.90 Å². The molecule has 5 heteroatoms. The number of nitrogens with zero attached hydrogens (tertiary/aromatic N) is 2. The minimum Gasteiger partial charge on any atom is -0.307 e. The van der Waals surface area contributed by atoms with Crippen molar-refractivity contribution in [2.45, 2.75) is 6.92 Å². The molecule has 19 heavy (non-hydrogen) atoms. The number of carbonyl (C=O) groups is 1. The monoisotopic (exact) mass is 278 g/mol. The molecule has 98 valence electrons. The van der Waals surface area contributed by atoms with Crippen molar-refractivity contribution in [2.24, 2.45) is 0 Å². The quantitative estimate of drug-likeness (QED) is 0.805. The van der Waals surface area contributed by atoms with Gasteiger partial charge in [0, 0.05) is 12.2 Å². The van der Waals surface area contributed by atoms with Crippen molar-refractivity contribution in [1.82, 2.24) is 4.98 Å². The summed E-state index contributed by atoms with van der Waals surface area (Å²) in [5.41, 5.74) is 0.730. The Hall–Kier alpha value is -1.94. The number of anilines is 1. The zero-order valence-electron chi connectivity index (χ0n) is 10.3. The molecule has 0 saturated carbocycles. The van der Waals surface area contributed by atoms with E-state index in [-0.39, 0.29) is 22.6 Å². The molecular weight excluding hydrogens is 267 g/mol. The highest BCUT2D eigenvalue weighted by Gasteiger charge is 2.17. The molecule has 1 aromatic heterocycles. The van der Waals surface area contributed by atoms with Gasteiger partial charge in [0.05, 0.1) is 0 Å². The van der Waals surface area contributed by atoms with Gasteiger partial charge in [0.2, 0.25) is 0 Å². The molecule has 1 amide bonds. The molecule has 1 heterocycles. The fourth-order valence-corrected chi connectivity index (χ4v) is 1.92. The molecule has 0 N–H and O–H groups in total. The third kappa shape index (κ3) is 3.09. The lowest BCUT2D eigenvalue weighted by Gasteiger charge is -2.20. The topological polar surface area (TPSA) is 33.2 Å². The van der Waals surface area contributed by atoms with Gasteiger partial charge in [-0.1, -0.05) is 23.7 Å². The fourth-order valence-electron chi connectivity index (χ4n) is 1.75. The predicted octanol–water partition coefficient (Wildman–Crippen LogP) is 3.54. The second-order valence-corrected chi connectivity index (χ2v) is 4.26. The van der Waals surface area contributed by atoms with Crippen molar-refractivity contribution in [3.05, 3.63) is 59.1 Å². The SMILES string of the molecule is CCN(C(=O)c1cccc(Cl)n1)c1cccc(F)c1. The van der Waals surface area contributed by atoms with Crippen LogP contribution in [-0.2, 0) is 0 Å². The van der Waals surface area contributed by atoms with E-state index in [0.717, 1.165) is 0 Å². The van der Waals surface area contributed by atoms with E-state index in [0.29, 0.717) is 12.2 Å². The number of halogens is 2. The van der Waals surface area contributed by atoms with E-state index in [9.17, 15) is 9.18 Å². The Morgan fingerprint density at radius 2 is 2.05 bits per heavy atom. The van der Waals surface area contributed by atoms with Gasteiger partial charge in [-0.2, -0.15) is 0 Å². The van der Waals surface area contributed by atoms with Gasteiger partial charge < -0.3 is 4.90 Å². The number of rotatable bonds is 3. The molecule has 2 rings (SSSR count). The molecule has 0 radical (unpaired) electrons. The van der Waals surface area contributed by atoms with Gasteiger partial charge in [-0.05, 0) is 37.3 Å². The molecule has 0 fully saturated rings. The summed E-state index contributed by atoms with van der Waals surface area (Å²) < 4.78 is 13.2. The number of amides is 1. The van der Waals surface area contributed by atoms with Crippen LogP contribution >= 0.6 is 11.6 Å². The summed E-state index contributed by atoms with van der Waals surface area (Å²) in [4.78, 5) is 17.7. The van der Waals surface area contributed by atoms with Crippen LogP contribution in [0.5, 0.6) is 0 Å². The Labute approximate surface area is 115 Å². The first kappa shape index (κ1) is 13.5. The molecule has 0 saturated heterocycles. The highest BCUT2D eigenvalue weighted by Crippen LogP contribution is 2.18. The molecular formula is C14H12ClFN2O. The number of benzene rings is 1. The van der Waals surface area contributed by atoms with Gasteiger partial charge in [0.1, 0.15) is 16.7 Å². The maximum absolute atomic E-state index is 13.2. The van der Waals surface area contributed by atoms with Crippen LogP contribution in [0.4, 0.5) is 10.1 Å². The number of hydrogen-bond donors (Lipinski definition) is 0. The van der Waals surface area contributed by atoms with Crippen molar-refractivity contribution < 1.29 is 9.18 Å². The van der Waals surface area contributed by atoms with Crippen LogP contribution in [0.25, 0.3) is 0 Å². The highest BCUT2D eigenvalue weighted by atomic mass is 35.5. The summed E-state index contributed by atoms with van der Waals surface area (Å²) in [5.74, 6) is -0.696. The van der Waals surface area contributed by atoms with Gasteiger partial charge in [0.25, 0.3) is 5.91 Å². The third-order valence-corrected chi connectivity index (χ3v) is 2.83. The first-order valence-electron chi connectivity index (χ1n) is 5.82. The molecule has 1 aromatic carbocycles. The van der Waals surface area contributed by atoms with Crippen molar-refractivity contribution >= 4 is 23.2 Å². The second-order valence-electron chi connectivity index (χ2n) is 3.87. The van der Waals surface area contributed by atoms with Crippen LogP contribution in [-0.4, -0.2) is 17.4 Å². The van der Waals surface area contributed by atoms with Crippen molar-refractivity contribution in [3.8, 4) is 0 Å². The van der Waals surface area contributed by atoms with Crippen LogP contribution in [0.3, 0.4) is 0 Å². The summed E-state index contributed by atoms with van der Waals surface area (Å²) in [6, 6.07) is 10.7. The molecule has 3 nitrogen and oxygen atoms in total. The van der Waals surface area contributed by atoms with Crippen LogP contribution in [0.2, 0.25) is 5.15 Å². The first-order chi connectivity index (χ1) is 9.11. The van der Waals surface area contributed by atoms with E-state index in [1.165, 1.54) is 17.0 Å². The Morgan fingerprint density at radius 3 is 2.68 bits per heavy atom. The molecule has 0 atom stereocenters. The van der Waals surface area contributed by atoms with Crippen molar-refractivity contribution in [3.63, 3.8) is 0 Å². The Kier molecular flexibility index (Phi) is 4.12. The van der Waals surface area contributed by atoms with E-state index >= 15 is 0 Å². The molecule has 0 aliphatic rings. The van der Waals surface area contributed by atoms with Crippen molar-refractivity contribution in [2.75, 3.05) is 11.4 Å². The minimum atomic E-state index is -0.386. The largest absolute Gasteiger partial charge is 0.307 e. The molecule has 0 unspecified atom stereocenters. The van der Waals surface area contributed by atoms with Gasteiger partial charge in [-0.15, -0.1) is 0 Å². The van der Waals surface area contributed by atoms with Gasteiger partial charge in [-0.3, -0.25) is 4.79 Å². The highest BCUT2D eigenvalue weighted by molar-refractivity contribution is 6.29. The predicted molar refractivity (Wildman–Crippen MR) is 73.0 cm³/mol. The Balaban J connectivity index is 2.34. The van der Waals surface area contributed by atoms with Gasteiger partial charge in [-0.25, -0.2) is 9.37 Å². The number of pyridine rings is 1. The summed E-state index contributed by atoms with van der Waals surface area (Å²) in [6.07, 6.45) is 0. The zero-order chi connectivity index (χ0) is 13.8. The molecule has 0 aliphatic heterocycles. The lowest BCUT2D eigenvalue weighted by Crippen LogP contribution is -2.31. The number of aromatic nitrogens is 1. The summed E-state index contributed by atoms with van der Waals surface area (Å²) in [5, 5.41) is 0.251. The van der Waals surface area contributed by atoms with E-state index in [1.807, 2.05) is 6.92 Å². The second kappa shape index (κ2) is 5.80. The Bertz CT molecular complexity index is 604. The average Bonchev–Trinajstić information content (AvgIpc) is 2.39. The summed E-state index contributed by atoms with van der Waals surface area (Å²) in [7, 11) is 0. The van der Waals surface area contributed by atoms with Gasteiger partial charge >= 0.3 is 0 Å². The Morgan fingerprint density at radius 1 is 1.32 bits per heavy atom. The van der Waals surface area contributed by atoms with E-state index in [4.69, 9.17) is 11.6 Å². The van der Waals surface area contributed by atoms with E-state index < -0.39 is 0 Å². The molecule has 0 aliphatic carbocycles. The standard InChI is InChI=1S/C14H12ClFN2O/c1-2-18(11-6-3-5-10(16)9-11)14(19)12-7-4-8-13(15)17-12/h3-9H,2H2,1H3. The summed E-state index contributed by atoms with van der Waals surface area (Å²) in [6.45, 7) is 2.23. The lowest BCUT2D eigenvalue weighted by atomic mass is 10.2. The smallest absolute Gasteiger partial charge is 0.276 e. The maximum Gasteiger partial charge on any atom is 0.276 e. The van der Waals surface area contributed by atoms with Crippen LogP contribution in [0.1, 0.15) is 17.4 Å². The van der Waals surface area contributed by atoms with Gasteiger partial charge in [0.15, 0.2) is 0 Å². The van der Waals surface area contributed by atoms with Crippen molar-refractivity contribution in [1.29, 1.82) is 0 Å². The third-order valence-electron chi connectivity index (χ3n) is 2.62. The molecule has 2 aromatic rings. The summed E-state index contributed by atoms with van der Waals surface area (Å²) >= 11 is 5.77. The van der Waals surface area contributed by atoms with Crippen LogP contribution in [0, 0.1) is 5.82 Å².